The van der Waals surface area contributed by atoms with E-state index < -0.39 is 18.6 Å². The highest BCUT2D eigenvalue weighted by Crippen LogP contribution is 2.30. The van der Waals surface area contributed by atoms with E-state index in [1.54, 1.807) is 18.2 Å². The fourth-order valence-corrected chi connectivity index (χ4v) is 1.79. The summed E-state index contributed by atoms with van der Waals surface area (Å²) in [6.45, 7) is 0.992. The zero-order chi connectivity index (χ0) is 11.8. The van der Waals surface area contributed by atoms with Crippen molar-refractivity contribution >= 4 is 0 Å². The Morgan fingerprint density at radius 3 is 2.62 bits per heavy atom. The lowest BCUT2D eigenvalue weighted by molar-refractivity contribution is -0.138. The van der Waals surface area contributed by atoms with E-state index in [0.29, 0.717) is 18.8 Å². The highest BCUT2D eigenvalue weighted by Gasteiger charge is 2.31. The number of benzene rings is 1. The van der Waals surface area contributed by atoms with E-state index in [4.69, 9.17) is 10.5 Å². The molecule has 0 amide bonds. The summed E-state index contributed by atoms with van der Waals surface area (Å²) in [5, 5.41) is 0. The number of nitrogens with two attached hydrogens (primary N) is 1. The van der Waals surface area contributed by atoms with Crippen molar-refractivity contribution in [2.45, 2.75) is 31.9 Å². The van der Waals surface area contributed by atoms with Crippen LogP contribution >= 0.6 is 0 Å². The molecule has 2 nitrogen and oxygen atoms in total. The molecule has 1 aromatic carbocycles. The van der Waals surface area contributed by atoms with Crippen LogP contribution in [0.3, 0.4) is 0 Å². The molecule has 88 valence electrons. The van der Waals surface area contributed by atoms with Gasteiger partial charge >= 0.3 is 6.18 Å². The fraction of sp³-hybridized carbons (Fsp3) is 0.455. The molecular formula is C11H12F3NO. The normalized spacial score (nSPS) is 17.2. The zero-order valence-corrected chi connectivity index (χ0v) is 8.55. The number of halogens is 3. The van der Waals surface area contributed by atoms with Crippen LogP contribution in [-0.2, 0) is 18.0 Å². The van der Waals surface area contributed by atoms with Crippen LogP contribution < -0.4 is 5.73 Å². The van der Waals surface area contributed by atoms with Gasteiger partial charge in [0.2, 0.25) is 0 Å². The Kier molecular flexibility index (Phi) is 2.90. The summed E-state index contributed by atoms with van der Waals surface area (Å²) in [6.07, 6.45) is -5.22. The maximum absolute atomic E-state index is 12.2. The van der Waals surface area contributed by atoms with Crippen LogP contribution in [0.1, 0.15) is 29.2 Å². The van der Waals surface area contributed by atoms with Crippen LogP contribution in [0.15, 0.2) is 18.2 Å². The largest absolute Gasteiger partial charge is 0.390 e. The molecule has 0 saturated heterocycles. The van der Waals surface area contributed by atoms with Crippen LogP contribution in [0, 0.1) is 0 Å². The van der Waals surface area contributed by atoms with Gasteiger partial charge in [-0.2, -0.15) is 13.2 Å². The highest BCUT2D eigenvalue weighted by atomic mass is 19.4. The minimum absolute atomic E-state index is 0.460. The number of fused-ring (bicyclic) bond motifs is 1. The van der Waals surface area contributed by atoms with Gasteiger partial charge in [0.1, 0.15) is 0 Å². The van der Waals surface area contributed by atoms with Crippen molar-refractivity contribution in [2.24, 2.45) is 5.73 Å². The molecule has 0 radical (unpaired) electrons. The van der Waals surface area contributed by atoms with E-state index in [-0.39, 0.29) is 0 Å². The lowest BCUT2D eigenvalue weighted by atomic mass is 9.99. The van der Waals surface area contributed by atoms with Crippen LogP contribution in [0.2, 0.25) is 0 Å². The molecule has 0 aromatic heterocycles. The standard InChI is InChI=1S/C11H12F3NO/c12-11(13,14)4-10(15)7-1-2-8-5-16-6-9(8)3-7/h1-3,10H,4-6,15H2. The van der Waals surface area contributed by atoms with Gasteiger partial charge in [-0.25, -0.2) is 0 Å². The predicted molar refractivity (Wildman–Crippen MR) is 52.5 cm³/mol. The third-order valence-electron chi connectivity index (χ3n) is 2.62. The second-order valence-corrected chi connectivity index (χ2v) is 3.95. The zero-order valence-electron chi connectivity index (χ0n) is 8.55. The summed E-state index contributed by atoms with van der Waals surface area (Å²) < 4.78 is 41.7. The minimum Gasteiger partial charge on any atom is -0.372 e. The van der Waals surface area contributed by atoms with E-state index >= 15 is 0 Å². The summed E-state index contributed by atoms with van der Waals surface area (Å²) in [6, 6.07) is 4.14. The van der Waals surface area contributed by atoms with Gasteiger partial charge in [-0.3, -0.25) is 0 Å². The van der Waals surface area contributed by atoms with Gasteiger partial charge in [0, 0.05) is 6.04 Å². The van der Waals surface area contributed by atoms with Crippen molar-refractivity contribution in [1.82, 2.24) is 0 Å². The van der Waals surface area contributed by atoms with Crippen molar-refractivity contribution < 1.29 is 17.9 Å². The van der Waals surface area contributed by atoms with Gasteiger partial charge in [0.25, 0.3) is 0 Å². The summed E-state index contributed by atoms with van der Waals surface area (Å²) in [4.78, 5) is 0. The second-order valence-electron chi connectivity index (χ2n) is 3.95. The number of rotatable bonds is 2. The molecule has 1 aliphatic heterocycles. The summed E-state index contributed by atoms with van der Waals surface area (Å²) in [5.74, 6) is 0. The van der Waals surface area contributed by atoms with Gasteiger partial charge in [-0.15, -0.1) is 0 Å². The smallest absolute Gasteiger partial charge is 0.372 e. The van der Waals surface area contributed by atoms with Crippen molar-refractivity contribution in [3.63, 3.8) is 0 Å². The van der Waals surface area contributed by atoms with E-state index in [0.717, 1.165) is 11.1 Å². The molecule has 1 aliphatic rings. The Bertz CT molecular complexity index is 389. The molecule has 16 heavy (non-hydrogen) atoms. The van der Waals surface area contributed by atoms with Crippen molar-refractivity contribution in [2.75, 3.05) is 0 Å². The lowest BCUT2D eigenvalue weighted by Crippen LogP contribution is -2.20. The fourth-order valence-electron chi connectivity index (χ4n) is 1.79. The average Bonchev–Trinajstić information content (AvgIpc) is 2.61. The van der Waals surface area contributed by atoms with E-state index in [1.807, 2.05) is 0 Å². The van der Waals surface area contributed by atoms with Gasteiger partial charge in [-0.05, 0) is 16.7 Å². The molecule has 0 aliphatic carbocycles. The minimum atomic E-state index is -4.23. The summed E-state index contributed by atoms with van der Waals surface area (Å²) in [7, 11) is 0. The summed E-state index contributed by atoms with van der Waals surface area (Å²) in [5.41, 5.74) is 8.00. The monoisotopic (exact) mass is 231 g/mol. The molecule has 1 unspecified atom stereocenters. The quantitative estimate of drug-likeness (QED) is 0.849. The molecule has 5 heteroatoms. The molecule has 1 aromatic rings. The first-order valence-corrected chi connectivity index (χ1v) is 4.97. The number of hydrogen-bond acceptors (Lipinski definition) is 2. The van der Waals surface area contributed by atoms with E-state index in [2.05, 4.69) is 0 Å². The Balaban J connectivity index is 2.15. The number of hydrogen-bond donors (Lipinski definition) is 1. The van der Waals surface area contributed by atoms with Crippen molar-refractivity contribution in [3.8, 4) is 0 Å². The van der Waals surface area contributed by atoms with Gasteiger partial charge in [-0.1, -0.05) is 18.2 Å². The summed E-state index contributed by atoms with van der Waals surface area (Å²) >= 11 is 0. The van der Waals surface area contributed by atoms with Crippen molar-refractivity contribution in [1.29, 1.82) is 0 Å². The Morgan fingerprint density at radius 1 is 1.25 bits per heavy atom. The Labute approximate surface area is 91.2 Å². The Hall–Kier alpha value is -1.07. The van der Waals surface area contributed by atoms with Crippen LogP contribution in [0.4, 0.5) is 13.2 Å². The Morgan fingerprint density at radius 2 is 1.94 bits per heavy atom. The third kappa shape index (κ3) is 2.54. The first-order valence-electron chi connectivity index (χ1n) is 4.97. The average molecular weight is 231 g/mol. The van der Waals surface area contributed by atoms with Gasteiger partial charge in [0.15, 0.2) is 0 Å². The van der Waals surface area contributed by atoms with Crippen LogP contribution in [0.25, 0.3) is 0 Å². The van der Waals surface area contributed by atoms with Crippen LogP contribution in [-0.4, -0.2) is 6.18 Å². The predicted octanol–water partition coefficient (Wildman–Crippen LogP) is 2.67. The molecule has 0 bridgehead atoms. The van der Waals surface area contributed by atoms with E-state index in [1.165, 1.54) is 0 Å². The molecule has 0 fully saturated rings. The second kappa shape index (κ2) is 4.07. The molecule has 0 spiro atoms. The first-order chi connectivity index (χ1) is 7.46. The molecule has 2 N–H and O–H groups in total. The van der Waals surface area contributed by atoms with Crippen molar-refractivity contribution in [3.05, 3.63) is 34.9 Å². The number of ether oxygens (including phenoxy) is 1. The third-order valence-corrected chi connectivity index (χ3v) is 2.62. The SMILES string of the molecule is NC(CC(F)(F)F)c1ccc2c(c1)COC2. The maximum Gasteiger partial charge on any atom is 0.390 e. The maximum atomic E-state index is 12.2. The molecular weight excluding hydrogens is 219 g/mol. The topological polar surface area (TPSA) is 35.2 Å². The van der Waals surface area contributed by atoms with E-state index in [9.17, 15) is 13.2 Å². The highest BCUT2D eigenvalue weighted by molar-refractivity contribution is 5.34. The first kappa shape index (κ1) is 11.4. The molecule has 1 atom stereocenters. The van der Waals surface area contributed by atoms with Crippen LogP contribution in [0.5, 0.6) is 0 Å². The molecule has 1 heterocycles. The number of alkyl halides is 3. The molecule has 0 saturated carbocycles. The van der Waals surface area contributed by atoms with Gasteiger partial charge in [0.05, 0.1) is 19.6 Å². The van der Waals surface area contributed by atoms with Gasteiger partial charge < -0.3 is 10.5 Å². The molecule has 2 rings (SSSR count). The lowest BCUT2D eigenvalue weighted by Gasteiger charge is -2.15.